The Labute approximate surface area is 165 Å². The smallest absolute Gasteiger partial charge is 0.417 e. The molecular formula is C21H26N2O5. The Morgan fingerprint density at radius 3 is 1.79 bits per heavy atom. The molecule has 0 aliphatic carbocycles. The van der Waals surface area contributed by atoms with Gasteiger partial charge in [-0.15, -0.1) is 0 Å². The van der Waals surface area contributed by atoms with Crippen LogP contribution in [0.1, 0.15) is 11.1 Å². The quantitative estimate of drug-likeness (QED) is 0.753. The molecule has 2 aromatic rings. The second-order valence-electron chi connectivity index (χ2n) is 6.05. The number of nitrogens with zero attached hydrogens (tertiary/aromatic N) is 1. The number of amides is 3. The number of methoxy groups -OCH3 is 3. The lowest BCUT2D eigenvalue weighted by molar-refractivity contribution is 0.129. The monoisotopic (exact) mass is 386 g/mol. The van der Waals surface area contributed by atoms with Crippen LogP contribution in [0.2, 0.25) is 0 Å². The lowest BCUT2D eigenvalue weighted by Crippen LogP contribution is -2.45. The summed E-state index contributed by atoms with van der Waals surface area (Å²) in [6.07, 6.45) is 0.476. The Morgan fingerprint density at radius 1 is 0.821 bits per heavy atom. The summed E-state index contributed by atoms with van der Waals surface area (Å²) >= 11 is 0. The van der Waals surface area contributed by atoms with E-state index in [0.717, 1.165) is 27.5 Å². The molecule has 0 heterocycles. The van der Waals surface area contributed by atoms with Gasteiger partial charge in [0.25, 0.3) is 0 Å². The summed E-state index contributed by atoms with van der Waals surface area (Å²) in [5.74, 6) is 1.54. The van der Waals surface area contributed by atoms with E-state index in [1.807, 2.05) is 48.5 Å². The van der Waals surface area contributed by atoms with Crippen LogP contribution >= 0.6 is 0 Å². The van der Waals surface area contributed by atoms with Crippen molar-refractivity contribution in [1.82, 2.24) is 10.2 Å². The van der Waals surface area contributed by atoms with Crippen LogP contribution in [-0.4, -0.2) is 51.4 Å². The fourth-order valence-electron chi connectivity index (χ4n) is 2.62. The highest BCUT2D eigenvalue weighted by Crippen LogP contribution is 2.13. The molecule has 0 bridgehead atoms. The molecule has 0 atom stereocenters. The number of urea groups is 1. The van der Waals surface area contributed by atoms with Crippen LogP contribution in [0.4, 0.5) is 9.59 Å². The highest BCUT2D eigenvalue weighted by Gasteiger charge is 2.21. The molecule has 0 radical (unpaired) electrons. The minimum Gasteiger partial charge on any atom is -0.497 e. The highest BCUT2D eigenvalue weighted by atomic mass is 16.5. The van der Waals surface area contributed by atoms with E-state index in [1.165, 1.54) is 7.11 Å². The molecule has 2 aromatic carbocycles. The van der Waals surface area contributed by atoms with Crippen molar-refractivity contribution < 1.29 is 23.8 Å². The van der Waals surface area contributed by atoms with Gasteiger partial charge < -0.3 is 19.5 Å². The third-order valence-electron chi connectivity index (χ3n) is 4.27. The predicted molar refractivity (Wildman–Crippen MR) is 106 cm³/mol. The van der Waals surface area contributed by atoms with Crippen LogP contribution < -0.4 is 14.8 Å². The summed E-state index contributed by atoms with van der Waals surface area (Å²) in [6, 6.07) is 14.6. The first kappa shape index (κ1) is 21.1. The van der Waals surface area contributed by atoms with E-state index in [2.05, 4.69) is 5.32 Å². The van der Waals surface area contributed by atoms with Crippen molar-refractivity contribution in [3.8, 4) is 11.5 Å². The molecule has 1 N–H and O–H groups in total. The summed E-state index contributed by atoms with van der Waals surface area (Å²) < 4.78 is 15.0. The molecule has 0 aliphatic rings. The molecule has 2 rings (SSSR count). The van der Waals surface area contributed by atoms with E-state index < -0.39 is 12.1 Å². The maximum Gasteiger partial charge on any atom is 0.417 e. The number of carbonyl (C=O) groups excluding carboxylic acids is 2. The van der Waals surface area contributed by atoms with Gasteiger partial charge in [0.2, 0.25) is 0 Å². The van der Waals surface area contributed by atoms with Crippen molar-refractivity contribution in [3.05, 3.63) is 59.7 Å². The lowest BCUT2D eigenvalue weighted by atomic mass is 10.1. The second kappa shape index (κ2) is 10.8. The molecule has 0 spiro atoms. The van der Waals surface area contributed by atoms with Crippen LogP contribution in [0.25, 0.3) is 0 Å². The van der Waals surface area contributed by atoms with E-state index in [1.54, 1.807) is 14.2 Å². The standard InChI is InChI=1S/C21H26N2O5/c1-26-18-8-4-16(5-9-18)12-14-22-20(24)23(21(25)28-3)15-13-17-6-10-19(27-2)11-7-17/h4-11H,12-15H2,1-3H3,(H,22,24). The van der Waals surface area contributed by atoms with Gasteiger partial charge in [0, 0.05) is 13.1 Å². The Balaban J connectivity index is 1.87. The zero-order valence-corrected chi connectivity index (χ0v) is 16.4. The minimum atomic E-state index is -0.685. The average molecular weight is 386 g/mol. The van der Waals surface area contributed by atoms with Gasteiger partial charge in [-0.25, -0.2) is 14.5 Å². The van der Waals surface area contributed by atoms with Crippen molar-refractivity contribution in [2.24, 2.45) is 0 Å². The molecule has 0 saturated heterocycles. The molecule has 28 heavy (non-hydrogen) atoms. The Kier molecular flexibility index (Phi) is 8.14. The van der Waals surface area contributed by atoms with E-state index in [-0.39, 0.29) is 6.54 Å². The number of ether oxygens (including phenoxy) is 3. The minimum absolute atomic E-state index is 0.216. The molecule has 0 aliphatic heterocycles. The van der Waals surface area contributed by atoms with Gasteiger partial charge in [-0.3, -0.25) is 0 Å². The summed E-state index contributed by atoms with van der Waals surface area (Å²) in [4.78, 5) is 25.5. The molecule has 0 fully saturated rings. The zero-order valence-electron chi connectivity index (χ0n) is 16.4. The fraction of sp³-hybridized carbons (Fsp3) is 0.333. The van der Waals surface area contributed by atoms with Crippen LogP contribution in [0.15, 0.2) is 48.5 Å². The van der Waals surface area contributed by atoms with Crippen molar-refractivity contribution in [2.45, 2.75) is 12.8 Å². The topological polar surface area (TPSA) is 77.1 Å². The van der Waals surface area contributed by atoms with Gasteiger partial charge in [-0.05, 0) is 48.2 Å². The molecule has 3 amide bonds. The SMILES string of the molecule is COC(=O)N(CCc1ccc(OC)cc1)C(=O)NCCc1ccc(OC)cc1. The maximum absolute atomic E-state index is 12.4. The number of imide groups is 1. The van der Waals surface area contributed by atoms with Gasteiger partial charge in [0.1, 0.15) is 11.5 Å². The summed E-state index contributed by atoms with van der Waals surface area (Å²) in [5.41, 5.74) is 2.05. The van der Waals surface area contributed by atoms with Crippen LogP contribution in [-0.2, 0) is 17.6 Å². The first-order valence-electron chi connectivity index (χ1n) is 8.96. The molecule has 150 valence electrons. The van der Waals surface area contributed by atoms with Crippen molar-refractivity contribution in [3.63, 3.8) is 0 Å². The Morgan fingerprint density at radius 2 is 1.32 bits per heavy atom. The third-order valence-corrected chi connectivity index (χ3v) is 4.27. The first-order chi connectivity index (χ1) is 13.6. The number of carbonyl (C=O) groups is 2. The second-order valence-corrected chi connectivity index (χ2v) is 6.05. The van der Waals surface area contributed by atoms with E-state index in [9.17, 15) is 9.59 Å². The van der Waals surface area contributed by atoms with Crippen LogP contribution in [0.3, 0.4) is 0 Å². The number of benzene rings is 2. The number of hydrogen-bond donors (Lipinski definition) is 1. The average Bonchev–Trinajstić information content (AvgIpc) is 2.74. The van der Waals surface area contributed by atoms with Crippen LogP contribution in [0.5, 0.6) is 11.5 Å². The lowest BCUT2D eigenvalue weighted by Gasteiger charge is -2.20. The molecule has 0 saturated carbocycles. The van der Waals surface area contributed by atoms with Crippen molar-refractivity contribution in [1.29, 1.82) is 0 Å². The molecule has 0 aromatic heterocycles. The normalized spacial score (nSPS) is 10.1. The van der Waals surface area contributed by atoms with Gasteiger partial charge in [0.15, 0.2) is 0 Å². The van der Waals surface area contributed by atoms with Gasteiger partial charge in [-0.1, -0.05) is 24.3 Å². The first-order valence-corrected chi connectivity index (χ1v) is 8.96. The third kappa shape index (κ3) is 6.19. The Bertz CT molecular complexity index is 759. The van der Waals surface area contributed by atoms with Gasteiger partial charge in [0.05, 0.1) is 21.3 Å². The molecular weight excluding hydrogens is 360 g/mol. The zero-order chi connectivity index (χ0) is 20.4. The van der Waals surface area contributed by atoms with Crippen LogP contribution in [0, 0.1) is 0 Å². The predicted octanol–water partition coefficient (Wildman–Crippen LogP) is 3.27. The molecule has 7 nitrogen and oxygen atoms in total. The van der Waals surface area contributed by atoms with E-state index in [0.29, 0.717) is 19.4 Å². The van der Waals surface area contributed by atoms with Crippen molar-refractivity contribution in [2.75, 3.05) is 34.4 Å². The number of nitrogens with one attached hydrogen (secondary N) is 1. The van der Waals surface area contributed by atoms with Gasteiger partial charge in [-0.2, -0.15) is 0 Å². The molecule has 7 heteroatoms. The largest absolute Gasteiger partial charge is 0.497 e. The Hall–Kier alpha value is -3.22. The van der Waals surface area contributed by atoms with Gasteiger partial charge >= 0.3 is 12.1 Å². The summed E-state index contributed by atoms with van der Waals surface area (Å²) in [6.45, 7) is 0.620. The highest BCUT2D eigenvalue weighted by molar-refractivity contribution is 5.90. The van der Waals surface area contributed by atoms with Crippen molar-refractivity contribution >= 4 is 12.1 Å². The number of hydrogen-bond acceptors (Lipinski definition) is 5. The van der Waals surface area contributed by atoms with E-state index >= 15 is 0 Å². The molecule has 0 unspecified atom stereocenters. The number of rotatable bonds is 8. The fourth-order valence-corrected chi connectivity index (χ4v) is 2.62. The summed E-state index contributed by atoms with van der Waals surface area (Å²) in [7, 11) is 4.47. The maximum atomic E-state index is 12.4. The summed E-state index contributed by atoms with van der Waals surface area (Å²) in [5, 5.41) is 2.76. The van der Waals surface area contributed by atoms with E-state index in [4.69, 9.17) is 14.2 Å².